The van der Waals surface area contributed by atoms with Crippen LogP contribution in [0.25, 0.3) is 0 Å². The molecule has 0 unspecified atom stereocenters. The van der Waals surface area contributed by atoms with Gasteiger partial charge in [0.15, 0.2) is 18.2 Å². The van der Waals surface area contributed by atoms with Crippen molar-refractivity contribution in [1.82, 2.24) is 0 Å². The Hall–Kier alpha value is -1.90. The molecular weight excluding hydrogens is 443 g/mol. The van der Waals surface area contributed by atoms with E-state index in [1.54, 1.807) is 13.8 Å². The zero-order valence-electron chi connectivity index (χ0n) is 20.0. The van der Waals surface area contributed by atoms with Crippen LogP contribution in [0.5, 0.6) is 0 Å². The van der Waals surface area contributed by atoms with Gasteiger partial charge < -0.3 is 18.9 Å². The molecule has 0 bridgehead atoms. The van der Waals surface area contributed by atoms with Crippen molar-refractivity contribution in [2.24, 2.45) is 22.7 Å². The van der Waals surface area contributed by atoms with E-state index in [0.29, 0.717) is 24.8 Å². The second kappa shape index (κ2) is 6.65. The van der Waals surface area contributed by atoms with E-state index in [0.717, 1.165) is 0 Å². The van der Waals surface area contributed by atoms with Gasteiger partial charge in [-0.05, 0) is 76.0 Å². The van der Waals surface area contributed by atoms with E-state index in [4.69, 9.17) is 18.9 Å². The van der Waals surface area contributed by atoms with Crippen LogP contribution in [0.15, 0.2) is 23.8 Å². The van der Waals surface area contributed by atoms with Crippen molar-refractivity contribution in [3.05, 3.63) is 23.8 Å². The van der Waals surface area contributed by atoms with Crippen LogP contribution in [-0.2, 0) is 33.3 Å². The molecule has 3 saturated carbocycles. The zero-order valence-corrected chi connectivity index (χ0v) is 20.0. The summed E-state index contributed by atoms with van der Waals surface area (Å²) in [6.07, 6.45) is 5.27. The maximum atomic E-state index is 15.6. The first-order valence-electron chi connectivity index (χ1n) is 12.2. The van der Waals surface area contributed by atoms with Gasteiger partial charge in [-0.15, -0.1) is 0 Å². The van der Waals surface area contributed by atoms with E-state index < -0.39 is 40.0 Å². The van der Waals surface area contributed by atoms with E-state index in [1.807, 2.05) is 19.9 Å². The summed E-state index contributed by atoms with van der Waals surface area (Å²) in [5.41, 5.74) is -2.67. The lowest BCUT2D eigenvalue weighted by atomic mass is 9.46. The van der Waals surface area contributed by atoms with Gasteiger partial charge in [-0.3, -0.25) is 9.59 Å². The minimum atomic E-state index is -1.25. The predicted octanol–water partition coefficient (Wildman–Crippen LogP) is 3.01. The van der Waals surface area contributed by atoms with Crippen LogP contribution in [0.3, 0.4) is 0 Å². The number of carbonyl (C=O) groups is 3. The quantitative estimate of drug-likeness (QED) is 0.394. The average Bonchev–Trinajstić information content (AvgIpc) is 3.41. The number of rotatable bonds is 0. The Kier molecular flexibility index (Phi) is 4.41. The Labute approximate surface area is 198 Å². The molecule has 0 radical (unpaired) electrons. The molecule has 4 aliphatic carbocycles. The molecule has 34 heavy (non-hydrogen) atoms. The summed E-state index contributed by atoms with van der Waals surface area (Å²) in [4.78, 5) is 37.7. The second-order valence-corrected chi connectivity index (χ2v) is 11.7. The molecule has 8 atom stereocenters. The fourth-order valence-corrected chi connectivity index (χ4v) is 8.30. The van der Waals surface area contributed by atoms with Crippen LogP contribution < -0.4 is 0 Å². The normalized spacial score (nSPS) is 51.2. The number of esters is 1. The van der Waals surface area contributed by atoms with E-state index >= 15 is 4.39 Å². The first-order valence-corrected chi connectivity index (χ1v) is 12.2. The van der Waals surface area contributed by atoms with Gasteiger partial charge in [0.25, 0.3) is 0 Å². The van der Waals surface area contributed by atoms with Crippen molar-refractivity contribution in [2.75, 3.05) is 13.2 Å². The summed E-state index contributed by atoms with van der Waals surface area (Å²) < 4.78 is 39.6. The smallest absolute Gasteiger partial charge is 0.332 e. The van der Waals surface area contributed by atoms with Crippen LogP contribution in [0.4, 0.5) is 4.39 Å². The van der Waals surface area contributed by atoms with E-state index in [-0.39, 0.29) is 49.1 Å². The molecule has 6 rings (SSSR count). The molecule has 6 aliphatic rings. The summed E-state index contributed by atoms with van der Waals surface area (Å²) in [7, 11) is 0. The van der Waals surface area contributed by atoms with Gasteiger partial charge in [-0.2, -0.15) is 0 Å². The Bertz CT molecular complexity index is 1060. The zero-order chi connectivity index (χ0) is 24.3. The number of alkyl halides is 1. The van der Waals surface area contributed by atoms with Gasteiger partial charge in [-0.1, -0.05) is 13.0 Å². The number of epoxide rings is 1. The lowest BCUT2D eigenvalue weighted by molar-refractivity contribution is -0.284. The minimum Gasteiger partial charge on any atom is -0.456 e. The maximum Gasteiger partial charge on any atom is 0.332 e. The lowest BCUT2D eigenvalue weighted by Crippen LogP contribution is -2.64. The lowest BCUT2D eigenvalue weighted by Gasteiger charge is -2.57. The molecule has 0 aromatic rings. The predicted molar refractivity (Wildman–Crippen MR) is 116 cm³/mol. The number of allylic oxidation sites excluding steroid dienone is 2. The summed E-state index contributed by atoms with van der Waals surface area (Å²) in [6.45, 7) is 6.77. The fourth-order valence-electron chi connectivity index (χ4n) is 8.30. The first-order chi connectivity index (χ1) is 15.9. The molecule has 8 heteroatoms. The summed E-state index contributed by atoms with van der Waals surface area (Å²) >= 11 is 0. The Morgan fingerprint density at radius 3 is 2.59 bits per heavy atom. The number of halogens is 1. The molecule has 5 fully saturated rings. The number of ether oxygens (including phenoxy) is 4. The SMILES string of the molecule is CC1(C)OCC(=O)OCC(=O)[C@]2(CC[C@H]3[C@@H]4C[C@H](F)C5=CC(=O)C=C[C@]5(C)[C@@]45O[C@H]5C[C@@]32C)O1. The fraction of sp³-hybridized carbons (Fsp3) is 0.731. The van der Waals surface area contributed by atoms with E-state index in [9.17, 15) is 14.4 Å². The van der Waals surface area contributed by atoms with Gasteiger partial charge in [0.05, 0.1) is 6.10 Å². The van der Waals surface area contributed by atoms with Crippen LogP contribution in [-0.4, -0.2) is 60.0 Å². The van der Waals surface area contributed by atoms with Crippen molar-refractivity contribution in [3.63, 3.8) is 0 Å². The molecule has 0 N–H and O–H groups in total. The minimum absolute atomic E-state index is 0.0369. The van der Waals surface area contributed by atoms with Crippen LogP contribution >= 0.6 is 0 Å². The standard InChI is InChI=1S/C26H31FO7/c1-22(2)32-13-21(30)31-12-19(29)25(34-22)8-6-15-16-10-18(27)17-9-14(28)5-7-23(17,3)26(16)20(33-26)11-24(15,25)4/h5,7,9,15-16,18,20H,6,8,10-13H2,1-4H3/t15-,16-,18-,20-,23-,24-,25-,26+/m0/s1. The Morgan fingerprint density at radius 2 is 1.82 bits per heavy atom. The molecule has 184 valence electrons. The number of ketones is 2. The number of fused-ring (bicyclic) bond motifs is 4. The molecule has 2 spiro atoms. The highest BCUT2D eigenvalue weighted by molar-refractivity contribution is 6.01. The molecular formula is C26H31FO7. The third-order valence-corrected chi connectivity index (χ3v) is 9.81. The summed E-state index contributed by atoms with van der Waals surface area (Å²) in [6, 6.07) is 0. The summed E-state index contributed by atoms with van der Waals surface area (Å²) in [5.74, 6) is -2.43. The second-order valence-electron chi connectivity index (χ2n) is 11.7. The number of Topliss-reactive ketones (excluding diaryl/α,β-unsaturated/α-hetero) is 1. The van der Waals surface area contributed by atoms with Crippen molar-refractivity contribution >= 4 is 17.5 Å². The van der Waals surface area contributed by atoms with Crippen LogP contribution in [0, 0.1) is 22.7 Å². The number of carbonyl (C=O) groups excluding carboxylic acids is 3. The van der Waals surface area contributed by atoms with Gasteiger partial charge in [0, 0.05) is 10.8 Å². The summed E-state index contributed by atoms with van der Waals surface area (Å²) in [5, 5.41) is 0. The van der Waals surface area contributed by atoms with Crippen molar-refractivity contribution in [3.8, 4) is 0 Å². The molecule has 0 aromatic carbocycles. The number of cyclic esters (lactones) is 1. The molecule has 0 amide bonds. The van der Waals surface area contributed by atoms with E-state index in [2.05, 4.69) is 0 Å². The third kappa shape index (κ3) is 2.60. The monoisotopic (exact) mass is 474 g/mol. The molecule has 2 saturated heterocycles. The van der Waals surface area contributed by atoms with Crippen molar-refractivity contribution in [2.45, 2.75) is 82.6 Å². The Morgan fingerprint density at radius 1 is 1.06 bits per heavy atom. The van der Waals surface area contributed by atoms with E-state index in [1.165, 1.54) is 12.2 Å². The Balaban J connectivity index is 1.43. The van der Waals surface area contributed by atoms with Crippen molar-refractivity contribution < 1.29 is 37.7 Å². The third-order valence-electron chi connectivity index (χ3n) is 9.81. The molecule has 2 heterocycles. The van der Waals surface area contributed by atoms with Gasteiger partial charge >= 0.3 is 5.97 Å². The topological polar surface area (TPSA) is 91.4 Å². The highest BCUT2D eigenvalue weighted by Gasteiger charge is 2.82. The first kappa shape index (κ1) is 22.6. The highest BCUT2D eigenvalue weighted by Crippen LogP contribution is 2.76. The molecule has 7 nitrogen and oxygen atoms in total. The van der Waals surface area contributed by atoms with Crippen molar-refractivity contribution in [1.29, 1.82) is 0 Å². The average molecular weight is 475 g/mol. The number of hydrogen-bond acceptors (Lipinski definition) is 7. The van der Waals surface area contributed by atoms with Gasteiger partial charge in [0.1, 0.15) is 24.0 Å². The molecule has 2 aliphatic heterocycles. The maximum absolute atomic E-state index is 15.6. The van der Waals surface area contributed by atoms with Crippen LogP contribution in [0.2, 0.25) is 0 Å². The van der Waals surface area contributed by atoms with Crippen LogP contribution in [0.1, 0.15) is 53.4 Å². The largest absolute Gasteiger partial charge is 0.456 e. The number of hydrogen-bond donors (Lipinski definition) is 0. The van der Waals surface area contributed by atoms with Gasteiger partial charge in [-0.25, -0.2) is 9.18 Å². The molecule has 0 aromatic heterocycles. The highest BCUT2D eigenvalue weighted by atomic mass is 19.1. The van der Waals surface area contributed by atoms with Gasteiger partial charge in [0.2, 0.25) is 5.78 Å².